The minimum atomic E-state index is -3.74. The first-order valence-electron chi connectivity index (χ1n) is 6.14. The van der Waals surface area contributed by atoms with E-state index in [0.29, 0.717) is 6.54 Å². The molecule has 1 rings (SSSR count). The summed E-state index contributed by atoms with van der Waals surface area (Å²) < 4.78 is 26.9. The Bertz CT molecular complexity index is 601. The molecule has 0 saturated carbocycles. The predicted molar refractivity (Wildman–Crippen MR) is 86.0 cm³/mol. The first kappa shape index (κ1) is 17.9. The van der Waals surface area contributed by atoms with Crippen LogP contribution in [0.3, 0.4) is 0 Å². The van der Waals surface area contributed by atoms with Crippen molar-refractivity contribution in [3.8, 4) is 0 Å². The maximum atomic E-state index is 11.9. The minimum absolute atomic E-state index is 0.0828. The zero-order chi connectivity index (χ0) is 15.9. The fraction of sp³-hybridized carbons (Fsp3) is 0.333. The van der Waals surface area contributed by atoms with E-state index in [1.807, 2.05) is 0 Å². The van der Waals surface area contributed by atoms with Gasteiger partial charge in [-0.1, -0.05) is 0 Å². The van der Waals surface area contributed by atoms with Crippen molar-refractivity contribution in [2.45, 2.75) is 11.8 Å². The van der Waals surface area contributed by atoms with Gasteiger partial charge in [-0.15, -0.1) is 0 Å². The first-order chi connectivity index (χ1) is 9.85. The molecule has 0 aliphatic carbocycles. The van der Waals surface area contributed by atoms with Crippen LogP contribution in [0.1, 0.15) is 6.92 Å². The van der Waals surface area contributed by atoms with Crippen LogP contribution in [-0.2, 0) is 19.6 Å². The van der Waals surface area contributed by atoms with E-state index < -0.39 is 22.5 Å². The number of likely N-dealkylation sites (N-methyl/N-ethyl adjacent to an activating group) is 1. The highest BCUT2D eigenvalue weighted by atomic mass is 127. The van der Waals surface area contributed by atoms with E-state index in [-0.39, 0.29) is 17.3 Å². The van der Waals surface area contributed by atoms with Gasteiger partial charge < -0.3 is 10.6 Å². The number of nitrogens with one attached hydrogen (secondary N) is 3. The van der Waals surface area contributed by atoms with E-state index in [1.54, 1.807) is 19.1 Å². The molecule has 21 heavy (non-hydrogen) atoms. The Balaban J connectivity index is 2.48. The molecule has 3 N–H and O–H groups in total. The molecule has 116 valence electrons. The van der Waals surface area contributed by atoms with Crippen LogP contribution in [0, 0.1) is 3.57 Å². The number of amides is 2. The Labute approximate surface area is 137 Å². The number of carbonyl (C=O) groups excluding carboxylic acids is 2. The van der Waals surface area contributed by atoms with Crippen molar-refractivity contribution in [3.05, 3.63) is 27.8 Å². The van der Waals surface area contributed by atoms with Gasteiger partial charge in [0.2, 0.25) is 21.8 Å². The van der Waals surface area contributed by atoms with Crippen LogP contribution in [-0.4, -0.2) is 39.9 Å². The van der Waals surface area contributed by atoms with Crippen molar-refractivity contribution in [2.75, 3.05) is 19.6 Å². The van der Waals surface area contributed by atoms with Crippen molar-refractivity contribution in [2.24, 2.45) is 0 Å². The van der Waals surface area contributed by atoms with Crippen LogP contribution in [0.15, 0.2) is 29.2 Å². The van der Waals surface area contributed by atoms with Gasteiger partial charge in [0.1, 0.15) is 0 Å². The first-order valence-corrected chi connectivity index (χ1v) is 8.70. The molecule has 0 radical (unpaired) electrons. The van der Waals surface area contributed by atoms with Gasteiger partial charge in [-0.2, -0.15) is 0 Å². The van der Waals surface area contributed by atoms with Crippen molar-refractivity contribution in [1.82, 2.24) is 15.4 Å². The molecule has 1 aromatic carbocycles. The molecule has 9 heteroatoms. The molecule has 0 aliphatic heterocycles. The normalized spacial score (nSPS) is 11.0. The third kappa shape index (κ3) is 6.40. The summed E-state index contributed by atoms with van der Waals surface area (Å²) in [6.07, 6.45) is 0. The monoisotopic (exact) mass is 425 g/mol. The lowest BCUT2D eigenvalue weighted by atomic mass is 10.4. The lowest BCUT2D eigenvalue weighted by molar-refractivity contribution is -0.125. The van der Waals surface area contributed by atoms with E-state index in [0.717, 1.165) is 3.57 Å². The standard InChI is InChI=1S/C12H16IN3O4S/c1-2-14-11(17)7-15-12(18)8-16-21(19,20)10-5-3-9(13)4-6-10/h3-6,16H,2,7-8H2,1H3,(H,14,17)(H,15,18). The van der Waals surface area contributed by atoms with Gasteiger partial charge in [0, 0.05) is 10.1 Å². The van der Waals surface area contributed by atoms with Crippen LogP contribution in [0.5, 0.6) is 0 Å². The molecule has 0 spiro atoms. The maximum Gasteiger partial charge on any atom is 0.241 e. The number of benzene rings is 1. The average molecular weight is 425 g/mol. The number of halogens is 1. The molecule has 7 nitrogen and oxygen atoms in total. The van der Waals surface area contributed by atoms with Crippen LogP contribution in [0.4, 0.5) is 0 Å². The van der Waals surface area contributed by atoms with E-state index in [4.69, 9.17) is 0 Å². The number of rotatable bonds is 7. The van der Waals surface area contributed by atoms with Crippen LogP contribution in [0.25, 0.3) is 0 Å². The summed E-state index contributed by atoms with van der Waals surface area (Å²) in [6.45, 7) is 1.62. The number of hydrogen-bond acceptors (Lipinski definition) is 4. The Morgan fingerprint density at radius 1 is 1.05 bits per heavy atom. The largest absolute Gasteiger partial charge is 0.355 e. The quantitative estimate of drug-likeness (QED) is 0.528. The SMILES string of the molecule is CCNC(=O)CNC(=O)CNS(=O)(=O)c1ccc(I)cc1. The lowest BCUT2D eigenvalue weighted by Gasteiger charge is -2.08. The maximum absolute atomic E-state index is 11.9. The highest BCUT2D eigenvalue weighted by Gasteiger charge is 2.15. The summed E-state index contributed by atoms with van der Waals surface area (Å²) in [5, 5.41) is 4.83. The van der Waals surface area contributed by atoms with Crippen molar-refractivity contribution >= 4 is 44.4 Å². The van der Waals surface area contributed by atoms with E-state index in [9.17, 15) is 18.0 Å². The molecule has 0 aromatic heterocycles. The predicted octanol–water partition coefficient (Wildman–Crippen LogP) is -0.178. The summed E-state index contributed by atoms with van der Waals surface area (Å²) in [7, 11) is -3.74. The second kappa shape index (κ2) is 8.29. The zero-order valence-electron chi connectivity index (χ0n) is 11.3. The third-order valence-electron chi connectivity index (χ3n) is 2.37. The molecule has 0 atom stereocenters. The Morgan fingerprint density at radius 3 is 2.19 bits per heavy atom. The molecule has 1 aromatic rings. The summed E-state index contributed by atoms with van der Waals surface area (Å²) in [5.74, 6) is -0.901. The van der Waals surface area contributed by atoms with Gasteiger partial charge >= 0.3 is 0 Å². The summed E-state index contributed by atoms with van der Waals surface area (Å²) in [4.78, 5) is 22.7. The van der Waals surface area contributed by atoms with Gasteiger partial charge in [0.15, 0.2) is 0 Å². The molecule has 2 amide bonds. The van der Waals surface area contributed by atoms with Crippen LogP contribution in [0.2, 0.25) is 0 Å². The van der Waals surface area contributed by atoms with Crippen molar-refractivity contribution in [3.63, 3.8) is 0 Å². The molecule has 0 bridgehead atoms. The molecule has 0 aliphatic rings. The zero-order valence-corrected chi connectivity index (χ0v) is 14.3. The van der Waals surface area contributed by atoms with Gasteiger partial charge in [-0.05, 0) is 53.8 Å². The third-order valence-corrected chi connectivity index (χ3v) is 4.50. The molecule has 0 heterocycles. The smallest absolute Gasteiger partial charge is 0.241 e. The van der Waals surface area contributed by atoms with E-state index in [1.165, 1.54) is 12.1 Å². The summed E-state index contributed by atoms with van der Waals surface area (Å²) >= 11 is 2.06. The Morgan fingerprint density at radius 2 is 1.62 bits per heavy atom. The lowest BCUT2D eigenvalue weighted by Crippen LogP contribution is -2.41. The van der Waals surface area contributed by atoms with Gasteiger partial charge in [-0.3, -0.25) is 9.59 Å². The molecule has 0 fully saturated rings. The fourth-order valence-corrected chi connectivity index (χ4v) is 2.70. The number of carbonyl (C=O) groups is 2. The van der Waals surface area contributed by atoms with Gasteiger partial charge in [-0.25, -0.2) is 13.1 Å². The van der Waals surface area contributed by atoms with Gasteiger partial charge in [0.05, 0.1) is 18.0 Å². The second-order valence-corrected chi connectivity index (χ2v) is 7.02. The second-order valence-electron chi connectivity index (χ2n) is 4.01. The Kier molecular flexibility index (Phi) is 7.05. The van der Waals surface area contributed by atoms with Gasteiger partial charge in [0.25, 0.3) is 0 Å². The average Bonchev–Trinajstić information content (AvgIpc) is 2.44. The van der Waals surface area contributed by atoms with Crippen molar-refractivity contribution < 1.29 is 18.0 Å². The Hall–Kier alpha value is -1.20. The van der Waals surface area contributed by atoms with Crippen LogP contribution >= 0.6 is 22.6 Å². The molecule has 0 unspecified atom stereocenters. The van der Waals surface area contributed by atoms with E-state index in [2.05, 4.69) is 37.9 Å². The number of hydrogen-bond donors (Lipinski definition) is 3. The topological polar surface area (TPSA) is 104 Å². The van der Waals surface area contributed by atoms with E-state index >= 15 is 0 Å². The molecular weight excluding hydrogens is 409 g/mol. The molecule has 0 saturated heterocycles. The highest BCUT2D eigenvalue weighted by molar-refractivity contribution is 14.1. The van der Waals surface area contributed by atoms with Crippen molar-refractivity contribution in [1.29, 1.82) is 0 Å². The summed E-state index contributed by atoms with van der Waals surface area (Å²) in [6, 6.07) is 6.22. The summed E-state index contributed by atoms with van der Waals surface area (Å²) in [5.41, 5.74) is 0. The number of sulfonamides is 1. The minimum Gasteiger partial charge on any atom is -0.355 e. The molecular formula is C12H16IN3O4S. The highest BCUT2D eigenvalue weighted by Crippen LogP contribution is 2.11. The fourth-order valence-electron chi connectivity index (χ4n) is 1.36. The van der Waals surface area contributed by atoms with Crippen LogP contribution < -0.4 is 15.4 Å².